The number of hydrogen-bond acceptors (Lipinski definition) is 12. The molecule has 0 spiro atoms. The molecular weight excluding hydrogens is 510 g/mol. The second-order valence-corrected chi connectivity index (χ2v) is 9.61. The number of β-lactam (4-membered cyclic amide) rings is 1. The van der Waals surface area contributed by atoms with E-state index >= 15 is 0 Å². The van der Waals surface area contributed by atoms with Crippen LogP contribution in [0.2, 0.25) is 0 Å². The molecule has 1 aromatic heterocycles. The van der Waals surface area contributed by atoms with Crippen molar-refractivity contribution < 1.29 is 33.5 Å². The Morgan fingerprint density at radius 2 is 2.08 bits per heavy atom. The summed E-state index contributed by atoms with van der Waals surface area (Å²) in [5.41, 5.74) is 6.71. The zero-order chi connectivity index (χ0) is 26.4. The van der Waals surface area contributed by atoms with Crippen LogP contribution in [0, 0.1) is 0 Å². The number of nitrogens with zero attached hydrogens (tertiary/aromatic N) is 3. The van der Waals surface area contributed by atoms with Gasteiger partial charge in [0.05, 0.1) is 12.2 Å². The third-order valence-electron chi connectivity index (χ3n) is 5.15. The quantitative estimate of drug-likeness (QED) is 0.146. The molecule has 0 saturated carbocycles. The lowest BCUT2D eigenvalue weighted by atomic mass is 10.0. The molecule has 0 unspecified atom stereocenters. The summed E-state index contributed by atoms with van der Waals surface area (Å²) in [6.45, 7) is 5.16. The van der Waals surface area contributed by atoms with Crippen LogP contribution >= 0.6 is 23.1 Å². The largest absolute Gasteiger partial charge is 0.463 e. The number of amides is 2. The number of oxime groups is 1. The summed E-state index contributed by atoms with van der Waals surface area (Å²) in [5.74, 6) is -1.99. The van der Waals surface area contributed by atoms with Gasteiger partial charge in [-0.15, -0.1) is 23.1 Å². The molecule has 0 radical (unpaired) electrons. The number of allylic oxidation sites excluding steroid dienone is 1. The molecule has 3 N–H and O–H groups in total. The van der Waals surface area contributed by atoms with Gasteiger partial charge in [-0.2, -0.15) is 0 Å². The van der Waals surface area contributed by atoms with Gasteiger partial charge in [0.15, 0.2) is 10.8 Å². The molecule has 194 valence electrons. The highest BCUT2D eigenvalue weighted by Gasteiger charge is 2.54. The number of esters is 2. The number of thiazole rings is 1. The molecule has 0 bridgehead atoms. The summed E-state index contributed by atoms with van der Waals surface area (Å²) >= 11 is 2.53. The zero-order valence-electron chi connectivity index (χ0n) is 20.2. The van der Waals surface area contributed by atoms with E-state index in [1.165, 1.54) is 23.8 Å². The average Bonchev–Trinajstić information content (AvgIpc) is 3.28. The number of carbonyl (C=O) groups is 4. The number of nitrogens with one attached hydrogen (secondary N) is 1. The molecule has 3 rings (SSSR count). The minimum atomic E-state index is -0.897. The van der Waals surface area contributed by atoms with Crippen molar-refractivity contribution in [2.75, 3.05) is 31.8 Å². The van der Waals surface area contributed by atoms with E-state index in [-0.39, 0.29) is 41.0 Å². The number of nitrogen functional groups attached to an aromatic ring is 1. The fourth-order valence-corrected chi connectivity index (χ4v) is 5.39. The van der Waals surface area contributed by atoms with Crippen molar-refractivity contribution in [2.45, 2.75) is 38.6 Å². The van der Waals surface area contributed by atoms with Gasteiger partial charge in [0.1, 0.15) is 36.5 Å². The van der Waals surface area contributed by atoms with Crippen LogP contribution in [-0.4, -0.2) is 76.8 Å². The smallest absolute Gasteiger partial charge is 0.355 e. The van der Waals surface area contributed by atoms with Crippen molar-refractivity contribution in [3.63, 3.8) is 0 Å². The summed E-state index contributed by atoms with van der Waals surface area (Å²) in [6, 6.07) is -0.897. The van der Waals surface area contributed by atoms with E-state index in [0.29, 0.717) is 17.7 Å². The predicted molar refractivity (Wildman–Crippen MR) is 134 cm³/mol. The number of anilines is 1. The van der Waals surface area contributed by atoms with Gasteiger partial charge in [0.25, 0.3) is 11.8 Å². The van der Waals surface area contributed by atoms with Crippen molar-refractivity contribution >= 4 is 57.7 Å². The van der Waals surface area contributed by atoms with Gasteiger partial charge in [-0.3, -0.25) is 14.5 Å². The molecule has 1 saturated heterocycles. The van der Waals surface area contributed by atoms with Crippen LogP contribution in [0.3, 0.4) is 0 Å². The van der Waals surface area contributed by atoms with Gasteiger partial charge in [0, 0.05) is 11.1 Å². The molecule has 14 heteroatoms. The summed E-state index contributed by atoms with van der Waals surface area (Å²) in [6.07, 6.45) is 2.18. The molecule has 2 amide bonds. The first kappa shape index (κ1) is 27.2. The number of nitrogens with two attached hydrogens (primary N) is 1. The fraction of sp³-hybridized carbons (Fsp3) is 0.455. The molecule has 1 aromatic rings. The first-order chi connectivity index (χ1) is 17.2. The normalized spacial score (nSPS) is 19.9. The molecule has 2 aliphatic rings. The second-order valence-electron chi connectivity index (χ2n) is 7.62. The van der Waals surface area contributed by atoms with Crippen LogP contribution in [-0.2, 0) is 33.5 Å². The van der Waals surface area contributed by atoms with E-state index in [9.17, 15) is 19.2 Å². The van der Waals surface area contributed by atoms with Crippen molar-refractivity contribution in [1.82, 2.24) is 15.2 Å². The highest BCUT2D eigenvalue weighted by Crippen LogP contribution is 2.40. The van der Waals surface area contributed by atoms with Crippen LogP contribution in [0.15, 0.2) is 33.5 Å². The fourth-order valence-electron chi connectivity index (χ4n) is 3.55. The van der Waals surface area contributed by atoms with Crippen molar-refractivity contribution in [3.8, 4) is 0 Å². The molecule has 2 aliphatic heterocycles. The Morgan fingerprint density at radius 1 is 1.33 bits per heavy atom. The van der Waals surface area contributed by atoms with Crippen molar-refractivity contribution in [1.29, 1.82) is 0 Å². The van der Waals surface area contributed by atoms with E-state index in [0.717, 1.165) is 11.3 Å². The molecule has 2 atom stereocenters. The average molecular weight is 538 g/mol. The highest BCUT2D eigenvalue weighted by atomic mass is 32.2. The van der Waals surface area contributed by atoms with Gasteiger partial charge in [-0.05, 0) is 25.8 Å². The summed E-state index contributed by atoms with van der Waals surface area (Å²) in [5, 5.41) is 7.65. The Bertz CT molecular complexity index is 1140. The standard InChI is InChI=1S/C22H27N5O7S2/c1-5-7-12(20(30)33-6-2)8-34-21(31)16-11(3)9-35-19-15(18(29)27(16)19)25-17(28)14(26-32-4)13-10-36-22(23)24-13/h7,10,15,19H,5-6,8-9H2,1-4H3,(H2,23,24)(H,25,28)/b12-7+,26-14-/t15-,19-/m1/s1. The molecule has 1 fully saturated rings. The van der Waals surface area contributed by atoms with E-state index < -0.39 is 35.2 Å². The topological polar surface area (TPSA) is 163 Å². The van der Waals surface area contributed by atoms with Gasteiger partial charge < -0.3 is 25.4 Å². The molecule has 3 heterocycles. The molecule has 0 aromatic carbocycles. The number of carbonyl (C=O) groups excluding carboxylic acids is 4. The molecule has 12 nitrogen and oxygen atoms in total. The van der Waals surface area contributed by atoms with Crippen LogP contribution in [0.5, 0.6) is 0 Å². The number of thioether (sulfide) groups is 1. The first-order valence-electron chi connectivity index (χ1n) is 11.0. The summed E-state index contributed by atoms with van der Waals surface area (Å²) in [4.78, 5) is 61.0. The Labute approximate surface area is 215 Å². The number of hydrogen-bond donors (Lipinski definition) is 2. The monoisotopic (exact) mass is 537 g/mol. The molecular formula is C22H27N5O7S2. The van der Waals surface area contributed by atoms with E-state index in [1.807, 2.05) is 6.92 Å². The Kier molecular flexibility index (Phi) is 9.09. The summed E-state index contributed by atoms with van der Waals surface area (Å²) < 4.78 is 10.4. The number of aromatic nitrogens is 1. The number of fused-ring (bicyclic) bond motifs is 1. The SMILES string of the molecule is CC/C=C(\COC(=O)C1=C(C)CS[C@@H]2[C@H](NC(=O)/C(=N\OC)c3csc(N)n3)C(=O)N12)C(=O)OCC. The highest BCUT2D eigenvalue weighted by molar-refractivity contribution is 8.00. The Morgan fingerprint density at radius 3 is 2.69 bits per heavy atom. The van der Waals surface area contributed by atoms with Gasteiger partial charge in [-0.1, -0.05) is 18.2 Å². The lowest BCUT2D eigenvalue weighted by Crippen LogP contribution is -2.71. The molecule has 0 aliphatic carbocycles. The lowest BCUT2D eigenvalue weighted by Gasteiger charge is -2.49. The van der Waals surface area contributed by atoms with Crippen LogP contribution in [0.25, 0.3) is 0 Å². The maximum atomic E-state index is 13.0. The number of ether oxygens (including phenoxy) is 2. The molecule has 36 heavy (non-hydrogen) atoms. The third-order valence-corrected chi connectivity index (χ3v) is 7.25. The van der Waals surface area contributed by atoms with Crippen molar-refractivity contribution in [3.05, 3.63) is 34.0 Å². The van der Waals surface area contributed by atoms with E-state index in [2.05, 4.69) is 15.5 Å². The van der Waals surface area contributed by atoms with Crippen LogP contribution < -0.4 is 11.1 Å². The maximum Gasteiger partial charge on any atom is 0.355 e. The maximum absolute atomic E-state index is 13.0. The Hall–Kier alpha value is -3.39. The predicted octanol–water partition coefficient (Wildman–Crippen LogP) is 1.19. The lowest BCUT2D eigenvalue weighted by molar-refractivity contribution is -0.152. The Balaban J connectivity index is 1.70. The van der Waals surface area contributed by atoms with Crippen LogP contribution in [0.1, 0.15) is 32.9 Å². The first-order valence-corrected chi connectivity index (χ1v) is 13.0. The zero-order valence-corrected chi connectivity index (χ0v) is 21.9. The minimum Gasteiger partial charge on any atom is -0.463 e. The van der Waals surface area contributed by atoms with E-state index in [4.69, 9.17) is 20.0 Å². The van der Waals surface area contributed by atoms with E-state index in [1.54, 1.807) is 25.3 Å². The van der Waals surface area contributed by atoms with Gasteiger partial charge >= 0.3 is 11.9 Å². The van der Waals surface area contributed by atoms with Gasteiger partial charge in [-0.25, -0.2) is 14.6 Å². The van der Waals surface area contributed by atoms with Gasteiger partial charge in [0.2, 0.25) is 0 Å². The summed E-state index contributed by atoms with van der Waals surface area (Å²) in [7, 11) is 1.28. The van der Waals surface area contributed by atoms with Crippen LogP contribution in [0.4, 0.5) is 5.13 Å². The minimum absolute atomic E-state index is 0.104. The number of rotatable bonds is 10. The van der Waals surface area contributed by atoms with Crippen molar-refractivity contribution in [2.24, 2.45) is 5.16 Å². The second kappa shape index (κ2) is 12.0. The third kappa shape index (κ3) is 5.70.